The fourth-order valence-corrected chi connectivity index (χ4v) is 10.2. The van der Waals surface area contributed by atoms with Gasteiger partial charge in [0.25, 0.3) is 0 Å². The van der Waals surface area contributed by atoms with Crippen LogP contribution in [0.5, 0.6) is 0 Å². The summed E-state index contributed by atoms with van der Waals surface area (Å²) in [5.74, 6) is -3.03. The molecule has 1 aliphatic carbocycles. The van der Waals surface area contributed by atoms with E-state index in [1.807, 2.05) is 36.4 Å². The summed E-state index contributed by atoms with van der Waals surface area (Å²) in [5, 5.41) is 7.18. The summed E-state index contributed by atoms with van der Waals surface area (Å²) in [6, 6.07) is 50.1. The van der Waals surface area contributed by atoms with Gasteiger partial charge in [-0.3, -0.25) is 14.4 Å². The molecule has 9 nitrogen and oxygen atoms in total. The molecule has 0 amide bonds. The van der Waals surface area contributed by atoms with Crippen molar-refractivity contribution in [1.29, 1.82) is 0 Å². The van der Waals surface area contributed by atoms with Gasteiger partial charge in [-0.25, -0.2) is 0 Å². The lowest BCUT2D eigenvalue weighted by molar-refractivity contribution is -0.161. The van der Waals surface area contributed by atoms with Crippen molar-refractivity contribution in [3.63, 3.8) is 0 Å². The Labute approximate surface area is 365 Å². The van der Waals surface area contributed by atoms with Gasteiger partial charge in [0.05, 0.1) is 37.6 Å². The van der Waals surface area contributed by atoms with Crippen molar-refractivity contribution in [3.05, 3.63) is 146 Å². The second kappa shape index (κ2) is 17.8. The SMILES string of the molecule is O=C(OCCCn1c2ccccc2c2ccccc21)C1CC(C(=O)OCCCn2c3ccccc3c3ccccc32)CC(C(=O)OCCCn2c3ccccc3c3ccccc32)C1. The molecule has 9 aromatic rings. The average Bonchev–Trinajstić information content (AvgIpc) is 3.95. The maximum absolute atomic E-state index is 13.8. The van der Waals surface area contributed by atoms with E-state index in [2.05, 4.69) is 123 Å². The van der Waals surface area contributed by atoms with Gasteiger partial charge < -0.3 is 27.9 Å². The van der Waals surface area contributed by atoms with Gasteiger partial charge in [0.15, 0.2) is 0 Å². The number of fused-ring (bicyclic) bond motifs is 9. The van der Waals surface area contributed by atoms with Gasteiger partial charge in [-0.2, -0.15) is 0 Å². The highest BCUT2D eigenvalue weighted by Crippen LogP contribution is 2.37. The van der Waals surface area contributed by atoms with Crippen molar-refractivity contribution in [3.8, 4) is 0 Å². The Bertz CT molecular complexity index is 2620. The van der Waals surface area contributed by atoms with E-state index in [1.165, 1.54) is 32.3 Å². The molecule has 1 aliphatic rings. The van der Waals surface area contributed by atoms with Crippen LogP contribution >= 0.6 is 0 Å². The molecule has 0 spiro atoms. The number of carbonyl (C=O) groups is 3. The summed E-state index contributed by atoms with van der Waals surface area (Å²) in [6.07, 6.45) is 2.68. The summed E-state index contributed by atoms with van der Waals surface area (Å²) in [4.78, 5) is 41.4. The van der Waals surface area contributed by atoms with Gasteiger partial charge in [0, 0.05) is 85.1 Å². The zero-order valence-electron chi connectivity index (χ0n) is 35.4. The summed E-state index contributed by atoms with van der Waals surface area (Å²) < 4.78 is 24.6. The standard InChI is InChI=1S/C54H51N3O6/c58-52(61-31-13-28-55-46-22-7-1-16-40(46)41-17-2-8-23-47(41)55)37-34-38(53(59)62-32-14-29-56-48-24-9-3-18-42(48)43-19-4-10-25-49(43)56)36-39(35-37)54(60)63-33-15-30-57-50-26-11-5-20-44(50)45-21-6-12-27-51(45)57/h1-12,16-27,37-39H,13-15,28-36H2. The minimum Gasteiger partial charge on any atom is -0.465 e. The molecule has 9 heteroatoms. The predicted octanol–water partition coefficient (Wildman–Crippen LogP) is 11.2. The average molecular weight is 838 g/mol. The molecular weight excluding hydrogens is 787 g/mol. The van der Waals surface area contributed by atoms with Gasteiger partial charge in [0.2, 0.25) is 0 Å². The molecule has 0 N–H and O–H groups in total. The number of rotatable bonds is 15. The van der Waals surface area contributed by atoms with Crippen molar-refractivity contribution in [2.75, 3.05) is 19.8 Å². The molecule has 1 saturated carbocycles. The first kappa shape index (κ1) is 40.2. The molecule has 0 bridgehead atoms. The van der Waals surface area contributed by atoms with Crippen molar-refractivity contribution in [2.45, 2.75) is 58.2 Å². The third-order valence-corrected chi connectivity index (χ3v) is 13.1. The van der Waals surface area contributed by atoms with Crippen molar-refractivity contribution < 1.29 is 28.6 Å². The van der Waals surface area contributed by atoms with Crippen molar-refractivity contribution in [2.24, 2.45) is 17.8 Å². The first-order chi connectivity index (χ1) is 31.0. The zero-order valence-corrected chi connectivity index (χ0v) is 35.4. The van der Waals surface area contributed by atoms with E-state index in [0.29, 0.717) is 38.9 Å². The van der Waals surface area contributed by atoms with E-state index in [-0.39, 0.29) is 57.0 Å². The van der Waals surface area contributed by atoms with Gasteiger partial charge in [-0.15, -0.1) is 0 Å². The van der Waals surface area contributed by atoms with E-state index in [9.17, 15) is 14.4 Å². The van der Waals surface area contributed by atoms with Crippen LogP contribution in [-0.4, -0.2) is 51.4 Å². The maximum atomic E-state index is 13.8. The smallest absolute Gasteiger partial charge is 0.308 e. The molecule has 0 aliphatic heterocycles. The van der Waals surface area contributed by atoms with Crippen molar-refractivity contribution >= 4 is 83.3 Å². The molecule has 3 heterocycles. The summed E-state index contributed by atoms with van der Waals surface area (Å²) >= 11 is 0. The highest BCUT2D eigenvalue weighted by atomic mass is 16.5. The van der Waals surface area contributed by atoms with Crippen LogP contribution in [0.15, 0.2) is 146 Å². The molecule has 6 aromatic carbocycles. The van der Waals surface area contributed by atoms with Crippen LogP contribution in [0.2, 0.25) is 0 Å². The van der Waals surface area contributed by atoms with Crippen LogP contribution in [0.4, 0.5) is 0 Å². The highest BCUT2D eigenvalue weighted by molar-refractivity contribution is 6.09. The van der Waals surface area contributed by atoms with E-state index < -0.39 is 17.8 Å². The Kier molecular flexibility index (Phi) is 11.4. The number of aryl methyl sites for hydroxylation is 3. The first-order valence-electron chi connectivity index (χ1n) is 22.4. The minimum absolute atomic E-state index is 0.228. The van der Waals surface area contributed by atoms with E-state index in [0.717, 1.165) is 33.1 Å². The number of hydrogen-bond donors (Lipinski definition) is 0. The number of carbonyl (C=O) groups excluding carboxylic acids is 3. The van der Waals surface area contributed by atoms with E-state index in [1.54, 1.807) is 0 Å². The van der Waals surface area contributed by atoms with E-state index >= 15 is 0 Å². The molecule has 318 valence electrons. The Morgan fingerprint density at radius 1 is 0.349 bits per heavy atom. The Morgan fingerprint density at radius 3 is 0.778 bits per heavy atom. The molecule has 3 aromatic heterocycles. The number of nitrogens with zero attached hydrogens (tertiary/aromatic N) is 3. The molecule has 0 saturated heterocycles. The van der Waals surface area contributed by atoms with E-state index in [4.69, 9.17) is 14.2 Å². The number of benzene rings is 6. The second-order valence-corrected chi connectivity index (χ2v) is 16.9. The predicted molar refractivity (Wildman–Crippen MR) is 249 cm³/mol. The van der Waals surface area contributed by atoms with Crippen LogP contribution in [0.3, 0.4) is 0 Å². The summed E-state index contributed by atoms with van der Waals surface area (Å²) in [6.45, 7) is 2.72. The number of aromatic nitrogens is 3. The Hall–Kier alpha value is -6.87. The monoisotopic (exact) mass is 837 g/mol. The van der Waals surface area contributed by atoms with Crippen LogP contribution < -0.4 is 0 Å². The quantitative estimate of drug-likeness (QED) is 0.0580. The van der Waals surface area contributed by atoms with Crippen LogP contribution in [0, 0.1) is 17.8 Å². The second-order valence-electron chi connectivity index (χ2n) is 16.9. The van der Waals surface area contributed by atoms with Gasteiger partial charge in [-0.05, 0) is 74.9 Å². The zero-order chi connectivity index (χ0) is 42.7. The topological polar surface area (TPSA) is 93.7 Å². The normalized spacial score (nSPS) is 16.7. The minimum atomic E-state index is -0.628. The van der Waals surface area contributed by atoms with Crippen LogP contribution in [0.25, 0.3) is 65.4 Å². The third kappa shape index (κ3) is 7.93. The largest absolute Gasteiger partial charge is 0.465 e. The van der Waals surface area contributed by atoms with Gasteiger partial charge >= 0.3 is 17.9 Å². The maximum Gasteiger partial charge on any atom is 0.308 e. The number of para-hydroxylation sites is 6. The molecule has 0 atom stereocenters. The molecule has 0 radical (unpaired) electrons. The van der Waals surface area contributed by atoms with Crippen LogP contribution in [-0.2, 0) is 48.2 Å². The van der Waals surface area contributed by atoms with Crippen molar-refractivity contribution in [1.82, 2.24) is 13.7 Å². The fourth-order valence-electron chi connectivity index (χ4n) is 10.2. The lowest BCUT2D eigenvalue weighted by atomic mass is 9.75. The fraction of sp³-hybridized carbons (Fsp3) is 0.278. The first-order valence-corrected chi connectivity index (χ1v) is 22.4. The van der Waals surface area contributed by atoms with Gasteiger partial charge in [-0.1, -0.05) is 109 Å². The molecule has 10 rings (SSSR count). The molecule has 63 heavy (non-hydrogen) atoms. The highest BCUT2D eigenvalue weighted by Gasteiger charge is 2.41. The third-order valence-electron chi connectivity index (χ3n) is 13.1. The Balaban J connectivity index is 0.788. The number of esters is 3. The molecule has 0 unspecified atom stereocenters. The van der Waals surface area contributed by atoms with Crippen LogP contribution in [0.1, 0.15) is 38.5 Å². The lowest BCUT2D eigenvalue weighted by Gasteiger charge is -2.31. The summed E-state index contributed by atoms with van der Waals surface area (Å²) in [5.41, 5.74) is 6.86. The number of ether oxygens (including phenoxy) is 3. The lowest BCUT2D eigenvalue weighted by Crippen LogP contribution is -2.37. The summed E-state index contributed by atoms with van der Waals surface area (Å²) in [7, 11) is 0. The Morgan fingerprint density at radius 2 is 0.556 bits per heavy atom. The van der Waals surface area contributed by atoms with Gasteiger partial charge in [0.1, 0.15) is 0 Å². The molecule has 1 fully saturated rings. The number of hydrogen-bond acceptors (Lipinski definition) is 6. The molecular formula is C54H51N3O6.